The summed E-state index contributed by atoms with van der Waals surface area (Å²) in [6.07, 6.45) is 6.77. The van der Waals surface area contributed by atoms with Crippen LogP contribution in [0.3, 0.4) is 0 Å². The molecule has 28 heavy (non-hydrogen) atoms. The third-order valence-corrected chi connectivity index (χ3v) is 6.23. The van der Waals surface area contributed by atoms with Crippen molar-refractivity contribution in [1.82, 2.24) is 9.80 Å². The van der Waals surface area contributed by atoms with Gasteiger partial charge in [0, 0.05) is 36.2 Å². The van der Waals surface area contributed by atoms with Gasteiger partial charge < -0.3 is 4.90 Å². The van der Waals surface area contributed by atoms with Gasteiger partial charge in [0.1, 0.15) is 0 Å². The van der Waals surface area contributed by atoms with Crippen LogP contribution in [0.1, 0.15) is 56.2 Å². The van der Waals surface area contributed by atoms with Crippen molar-refractivity contribution in [2.45, 2.75) is 45.1 Å². The molecule has 0 N–H and O–H groups in total. The van der Waals surface area contributed by atoms with Gasteiger partial charge in [-0.3, -0.25) is 4.90 Å². The van der Waals surface area contributed by atoms with E-state index in [1.807, 2.05) is 24.3 Å². The Bertz CT molecular complexity index is 646. The van der Waals surface area contributed by atoms with E-state index in [0.717, 1.165) is 36.2 Å². The lowest BCUT2D eigenvalue weighted by Crippen LogP contribution is -2.48. The molecule has 0 unspecified atom stereocenters. The normalized spacial score (nSPS) is 16.0. The van der Waals surface area contributed by atoms with Gasteiger partial charge >= 0.3 is 0 Å². The summed E-state index contributed by atoms with van der Waals surface area (Å²) in [6, 6.07) is 16.8. The van der Waals surface area contributed by atoms with Gasteiger partial charge in [-0.15, -0.1) is 0 Å². The van der Waals surface area contributed by atoms with E-state index in [4.69, 9.17) is 23.2 Å². The molecule has 3 rings (SSSR count). The van der Waals surface area contributed by atoms with Gasteiger partial charge in [-0.05, 0) is 48.4 Å². The maximum atomic E-state index is 6.13. The van der Waals surface area contributed by atoms with Crippen LogP contribution >= 0.6 is 23.2 Å². The monoisotopic (exact) mass is 418 g/mol. The van der Waals surface area contributed by atoms with E-state index in [-0.39, 0.29) is 6.04 Å². The standard InChI is InChI=1S/C24H32Cl2N2/c1-2-3-4-5-6-15-27-16-18-28(19-17-27)24(20-7-11-22(25)12-8-20)21-9-13-23(26)14-10-21/h7-14,24H,2-6,15-19H2,1H3. The molecule has 1 fully saturated rings. The van der Waals surface area contributed by atoms with Gasteiger partial charge in [-0.1, -0.05) is 80.1 Å². The average Bonchev–Trinajstić information content (AvgIpc) is 2.72. The van der Waals surface area contributed by atoms with Crippen molar-refractivity contribution in [2.24, 2.45) is 0 Å². The number of hydrogen-bond acceptors (Lipinski definition) is 2. The number of benzene rings is 2. The smallest absolute Gasteiger partial charge is 0.0602 e. The Morgan fingerprint density at radius 2 is 1.21 bits per heavy atom. The Morgan fingerprint density at radius 1 is 0.714 bits per heavy atom. The predicted molar refractivity (Wildman–Crippen MR) is 122 cm³/mol. The van der Waals surface area contributed by atoms with Gasteiger partial charge in [0.15, 0.2) is 0 Å². The zero-order valence-corrected chi connectivity index (χ0v) is 18.4. The van der Waals surface area contributed by atoms with Crippen molar-refractivity contribution >= 4 is 23.2 Å². The van der Waals surface area contributed by atoms with Crippen LogP contribution in [0, 0.1) is 0 Å². The van der Waals surface area contributed by atoms with Crippen molar-refractivity contribution in [2.75, 3.05) is 32.7 Å². The Balaban J connectivity index is 1.63. The molecule has 4 heteroatoms. The van der Waals surface area contributed by atoms with Crippen LogP contribution in [0.15, 0.2) is 48.5 Å². The van der Waals surface area contributed by atoms with E-state index < -0.39 is 0 Å². The molecule has 0 spiro atoms. The van der Waals surface area contributed by atoms with E-state index >= 15 is 0 Å². The summed E-state index contributed by atoms with van der Waals surface area (Å²) in [4.78, 5) is 5.23. The van der Waals surface area contributed by atoms with E-state index in [2.05, 4.69) is 41.0 Å². The predicted octanol–water partition coefficient (Wildman–Crippen LogP) is 6.67. The Morgan fingerprint density at radius 3 is 1.71 bits per heavy atom. The van der Waals surface area contributed by atoms with Gasteiger partial charge in [0.05, 0.1) is 6.04 Å². The molecule has 0 saturated carbocycles. The number of halogens is 2. The maximum Gasteiger partial charge on any atom is 0.0602 e. The molecule has 2 aromatic carbocycles. The number of piperazine rings is 1. The van der Waals surface area contributed by atoms with E-state index in [1.165, 1.54) is 49.8 Å². The van der Waals surface area contributed by atoms with E-state index in [0.29, 0.717) is 0 Å². The average molecular weight is 419 g/mol. The fourth-order valence-electron chi connectivity index (χ4n) is 4.09. The highest BCUT2D eigenvalue weighted by atomic mass is 35.5. The molecule has 0 amide bonds. The molecule has 1 aliphatic rings. The molecule has 1 saturated heterocycles. The maximum absolute atomic E-state index is 6.13. The molecule has 2 aromatic rings. The fourth-order valence-corrected chi connectivity index (χ4v) is 4.34. The first-order valence-electron chi connectivity index (χ1n) is 10.6. The number of hydrogen-bond donors (Lipinski definition) is 0. The molecule has 2 nitrogen and oxygen atoms in total. The minimum atomic E-state index is 0.251. The summed E-state index contributed by atoms with van der Waals surface area (Å²) < 4.78 is 0. The molecule has 0 radical (unpaired) electrons. The van der Waals surface area contributed by atoms with Gasteiger partial charge in [0.25, 0.3) is 0 Å². The molecule has 0 aromatic heterocycles. The minimum Gasteiger partial charge on any atom is -0.301 e. The fraction of sp³-hybridized carbons (Fsp3) is 0.500. The van der Waals surface area contributed by atoms with E-state index in [9.17, 15) is 0 Å². The first-order chi connectivity index (χ1) is 13.7. The zero-order valence-electron chi connectivity index (χ0n) is 16.9. The number of unbranched alkanes of at least 4 members (excludes halogenated alkanes) is 4. The Labute approximate surface area is 180 Å². The highest BCUT2D eigenvalue weighted by Gasteiger charge is 2.26. The third kappa shape index (κ3) is 6.22. The highest BCUT2D eigenvalue weighted by Crippen LogP contribution is 2.31. The first-order valence-corrected chi connectivity index (χ1v) is 11.4. The molecular weight excluding hydrogens is 387 g/mol. The zero-order chi connectivity index (χ0) is 19.8. The second-order valence-corrected chi connectivity index (χ2v) is 8.67. The molecule has 152 valence electrons. The molecule has 1 heterocycles. The van der Waals surface area contributed by atoms with Gasteiger partial charge in [0.2, 0.25) is 0 Å². The summed E-state index contributed by atoms with van der Waals surface area (Å²) in [7, 11) is 0. The van der Waals surface area contributed by atoms with Crippen LogP contribution < -0.4 is 0 Å². The lowest BCUT2D eigenvalue weighted by atomic mass is 9.96. The highest BCUT2D eigenvalue weighted by molar-refractivity contribution is 6.30. The molecule has 0 atom stereocenters. The second kappa shape index (κ2) is 11.2. The van der Waals surface area contributed by atoms with Crippen molar-refractivity contribution in [3.63, 3.8) is 0 Å². The summed E-state index contributed by atoms with van der Waals surface area (Å²) in [5, 5.41) is 1.57. The lowest BCUT2D eigenvalue weighted by molar-refractivity contribution is 0.108. The van der Waals surface area contributed by atoms with Crippen molar-refractivity contribution in [3.05, 3.63) is 69.7 Å². The lowest BCUT2D eigenvalue weighted by Gasteiger charge is -2.40. The van der Waals surface area contributed by atoms with Crippen LogP contribution in [-0.2, 0) is 0 Å². The van der Waals surface area contributed by atoms with Crippen LogP contribution in [0.5, 0.6) is 0 Å². The van der Waals surface area contributed by atoms with E-state index in [1.54, 1.807) is 0 Å². The largest absolute Gasteiger partial charge is 0.301 e. The number of rotatable bonds is 9. The SMILES string of the molecule is CCCCCCCN1CCN(C(c2ccc(Cl)cc2)c2ccc(Cl)cc2)CC1. The Hall–Kier alpha value is -1.06. The number of nitrogens with zero attached hydrogens (tertiary/aromatic N) is 2. The summed E-state index contributed by atoms with van der Waals surface area (Å²) >= 11 is 12.3. The molecule has 0 aliphatic carbocycles. The quantitative estimate of drug-likeness (QED) is 0.419. The third-order valence-electron chi connectivity index (χ3n) is 5.72. The van der Waals surface area contributed by atoms with Gasteiger partial charge in [-0.25, -0.2) is 0 Å². The topological polar surface area (TPSA) is 6.48 Å². The van der Waals surface area contributed by atoms with Crippen LogP contribution in [0.4, 0.5) is 0 Å². The summed E-state index contributed by atoms with van der Waals surface area (Å²) in [5.41, 5.74) is 2.58. The second-order valence-electron chi connectivity index (χ2n) is 7.80. The van der Waals surface area contributed by atoms with Crippen molar-refractivity contribution in [3.8, 4) is 0 Å². The molecular formula is C24H32Cl2N2. The van der Waals surface area contributed by atoms with Crippen LogP contribution in [-0.4, -0.2) is 42.5 Å². The minimum absolute atomic E-state index is 0.251. The van der Waals surface area contributed by atoms with Crippen molar-refractivity contribution < 1.29 is 0 Å². The molecule has 0 bridgehead atoms. The van der Waals surface area contributed by atoms with Gasteiger partial charge in [-0.2, -0.15) is 0 Å². The summed E-state index contributed by atoms with van der Waals surface area (Å²) in [5.74, 6) is 0. The van der Waals surface area contributed by atoms with Crippen molar-refractivity contribution in [1.29, 1.82) is 0 Å². The first kappa shape index (κ1) is 21.6. The molecule has 1 aliphatic heterocycles. The summed E-state index contributed by atoms with van der Waals surface area (Å²) in [6.45, 7) is 7.98. The Kier molecular flexibility index (Phi) is 8.66. The van der Waals surface area contributed by atoms with Crippen LogP contribution in [0.25, 0.3) is 0 Å². The van der Waals surface area contributed by atoms with Crippen LogP contribution in [0.2, 0.25) is 10.0 Å².